The van der Waals surface area contributed by atoms with E-state index >= 15 is 0 Å². The lowest BCUT2D eigenvalue weighted by Gasteiger charge is -2.34. The molecule has 1 amide bonds. The normalized spacial score (nSPS) is 17.4. The molecule has 0 radical (unpaired) electrons. The van der Waals surface area contributed by atoms with Crippen LogP contribution in [0.4, 0.5) is 5.69 Å². The Balaban J connectivity index is 2.27. The van der Waals surface area contributed by atoms with E-state index in [4.69, 9.17) is 9.84 Å². The van der Waals surface area contributed by atoms with E-state index in [2.05, 4.69) is 0 Å². The lowest BCUT2D eigenvalue weighted by molar-refractivity contribution is -0.149. The SMILES string of the molecule is CC1COc2ccc3ccccc3c2N1C(=O)C(=O)O. The summed E-state index contributed by atoms with van der Waals surface area (Å²) in [4.78, 5) is 24.4. The Morgan fingerprint density at radius 3 is 2.75 bits per heavy atom. The summed E-state index contributed by atoms with van der Waals surface area (Å²) in [6.45, 7) is 2.05. The summed E-state index contributed by atoms with van der Waals surface area (Å²) < 4.78 is 5.62. The summed E-state index contributed by atoms with van der Waals surface area (Å²) in [6.07, 6.45) is 0. The molecule has 1 unspecified atom stereocenters. The van der Waals surface area contributed by atoms with Gasteiger partial charge in [0.15, 0.2) is 0 Å². The van der Waals surface area contributed by atoms with Gasteiger partial charge in [0.2, 0.25) is 0 Å². The molecule has 5 nitrogen and oxygen atoms in total. The summed E-state index contributed by atoms with van der Waals surface area (Å²) in [5, 5.41) is 10.8. The third kappa shape index (κ3) is 1.79. The predicted molar refractivity (Wildman–Crippen MR) is 74.0 cm³/mol. The zero-order chi connectivity index (χ0) is 14.3. The number of benzene rings is 2. The van der Waals surface area contributed by atoms with Crippen molar-refractivity contribution in [2.45, 2.75) is 13.0 Å². The molecule has 5 heteroatoms. The molecule has 0 aromatic heterocycles. The van der Waals surface area contributed by atoms with Crippen molar-refractivity contribution >= 4 is 28.3 Å². The van der Waals surface area contributed by atoms with Gasteiger partial charge in [-0.05, 0) is 18.4 Å². The van der Waals surface area contributed by atoms with Gasteiger partial charge in [0.25, 0.3) is 0 Å². The molecule has 0 saturated carbocycles. The Hall–Kier alpha value is -2.56. The molecule has 102 valence electrons. The average molecular weight is 271 g/mol. The van der Waals surface area contributed by atoms with Gasteiger partial charge in [-0.25, -0.2) is 4.79 Å². The highest BCUT2D eigenvalue weighted by atomic mass is 16.5. The largest absolute Gasteiger partial charge is 0.489 e. The summed E-state index contributed by atoms with van der Waals surface area (Å²) in [6, 6.07) is 10.9. The van der Waals surface area contributed by atoms with E-state index in [0.29, 0.717) is 11.4 Å². The number of aliphatic carboxylic acids is 1. The zero-order valence-corrected chi connectivity index (χ0v) is 10.9. The molecule has 0 fully saturated rings. The number of carbonyl (C=O) groups excluding carboxylic acids is 1. The summed E-state index contributed by atoms with van der Waals surface area (Å²) in [5.41, 5.74) is 0.536. The standard InChI is InChI=1S/C15H13NO4/c1-9-8-20-12-7-6-10-4-2-3-5-11(10)13(12)16(9)14(17)15(18)19/h2-7,9H,8H2,1H3,(H,18,19). The first-order valence-electron chi connectivity index (χ1n) is 6.30. The molecule has 0 saturated heterocycles. The highest BCUT2D eigenvalue weighted by Gasteiger charge is 2.34. The second-order valence-electron chi connectivity index (χ2n) is 4.77. The van der Waals surface area contributed by atoms with Crippen molar-refractivity contribution in [3.05, 3.63) is 36.4 Å². The van der Waals surface area contributed by atoms with Crippen LogP contribution in [0.15, 0.2) is 36.4 Å². The number of carboxylic acid groups (broad SMARTS) is 1. The second-order valence-corrected chi connectivity index (χ2v) is 4.77. The highest BCUT2D eigenvalue weighted by Crippen LogP contribution is 2.40. The number of hydrogen-bond acceptors (Lipinski definition) is 3. The Labute approximate surface area is 115 Å². The van der Waals surface area contributed by atoms with Gasteiger partial charge in [0.1, 0.15) is 12.4 Å². The van der Waals surface area contributed by atoms with Crippen molar-refractivity contribution in [1.29, 1.82) is 0 Å². The zero-order valence-electron chi connectivity index (χ0n) is 10.9. The molecule has 20 heavy (non-hydrogen) atoms. The van der Waals surface area contributed by atoms with Crippen LogP contribution in [0.3, 0.4) is 0 Å². The molecular formula is C15H13NO4. The molecular weight excluding hydrogens is 258 g/mol. The molecule has 1 atom stereocenters. The van der Waals surface area contributed by atoms with Crippen LogP contribution in [-0.4, -0.2) is 29.6 Å². The molecule has 3 rings (SSSR count). The lowest BCUT2D eigenvalue weighted by Crippen LogP contribution is -2.48. The van der Waals surface area contributed by atoms with E-state index in [1.807, 2.05) is 30.3 Å². The first-order chi connectivity index (χ1) is 9.59. The Kier molecular flexibility index (Phi) is 2.82. The van der Waals surface area contributed by atoms with Crippen LogP contribution < -0.4 is 9.64 Å². The molecule has 1 aliphatic heterocycles. The number of anilines is 1. The van der Waals surface area contributed by atoms with E-state index in [1.54, 1.807) is 13.0 Å². The Morgan fingerprint density at radius 1 is 1.25 bits per heavy atom. The maximum absolute atomic E-state index is 12.0. The molecule has 0 bridgehead atoms. The van der Waals surface area contributed by atoms with Gasteiger partial charge in [-0.1, -0.05) is 30.3 Å². The molecule has 1 heterocycles. The van der Waals surface area contributed by atoms with Gasteiger partial charge in [-0.3, -0.25) is 9.69 Å². The minimum Gasteiger partial charge on any atom is -0.489 e. The number of carbonyl (C=O) groups is 2. The van der Waals surface area contributed by atoms with Crippen molar-refractivity contribution in [2.24, 2.45) is 0 Å². The maximum Gasteiger partial charge on any atom is 0.394 e. The molecule has 1 N–H and O–H groups in total. The molecule has 0 aliphatic carbocycles. The minimum absolute atomic E-state index is 0.282. The van der Waals surface area contributed by atoms with Gasteiger partial charge >= 0.3 is 11.9 Å². The van der Waals surface area contributed by atoms with Gasteiger partial charge in [0.05, 0.1) is 11.7 Å². The average Bonchev–Trinajstić information content (AvgIpc) is 2.46. The monoisotopic (exact) mass is 271 g/mol. The van der Waals surface area contributed by atoms with Crippen molar-refractivity contribution in [2.75, 3.05) is 11.5 Å². The number of amides is 1. The van der Waals surface area contributed by atoms with Crippen LogP contribution >= 0.6 is 0 Å². The fraction of sp³-hybridized carbons (Fsp3) is 0.200. The molecule has 2 aromatic carbocycles. The van der Waals surface area contributed by atoms with Crippen LogP contribution in [0.2, 0.25) is 0 Å². The first-order valence-corrected chi connectivity index (χ1v) is 6.30. The van der Waals surface area contributed by atoms with Gasteiger partial charge < -0.3 is 9.84 Å². The number of carboxylic acids is 1. The van der Waals surface area contributed by atoms with E-state index in [0.717, 1.165) is 10.8 Å². The van der Waals surface area contributed by atoms with E-state index in [1.165, 1.54) is 4.90 Å². The van der Waals surface area contributed by atoms with Crippen molar-refractivity contribution in [3.8, 4) is 5.75 Å². The Morgan fingerprint density at radius 2 is 2.00 bits per heavy atom. The third-order valence-corrected chi connectivity index (χ3v) is 3.43. The number of ether oxygens (including phenoxy) is 1. The van der Waals surface area contributed by atoms with Crippen molar-refractivity contribution in [1.82, 2.24) is 0 Å². The van der Waals surface area contributed by atoms with Gasteiger partial charge in [-0.15, -0.1) is 0 Å². The predicted octanol–water partition coefficient (Wildman–Crippen LogP) is 2.04. The minimum atomic E-state index is -1.46. The van der Waals surface area contributed by atoms with Crippen LogP contribution in [0.25, 0.3) is 10.8 Å². The number of nitrogens with zero attached hydrogens (tertiary/aromatic N) is 1. The van der Waals surface area contributed by atoms with E-state index < -0.39 is 11.9 Å². The maximum atomic E-state index is 12.0. The quantitative estimate of drug-likeness (QED) is 0.744. The third-order valence-electron chi connectivity index (χ3n) is 3.43. The fourth-order valence-corrected chi connectivity index (χ4v) is 2.51. The number of rotatable bonds is 0. The van der Waals surface area contributed by atoms with Crippen LogP contribution in [0, 0.1) is 0 Å². The van der Waals surface area contributed by atoms with E-state index in [-0.39, 0.29) is 12.6 Å². The Bertz CT molecular complexity index is 710. The fourth-order valence-electron chi connectivity index (χ4n) is 2.51. The summed E-state index contributed by atoms with van der Waals surface area (Å²) in [5.74, 6) is -1.85. The number of fused-ring (bicyclic) bond motifs is 3. The van der Waals surface area contributed by atoms with Crippen molar-refractivity contribution in [3.63, 3.8) is 0 Å². The van der Waals surface area contributed by atoms with E-state index in [9.17, 15) is 9.59 Å². The smallest absolute Gasteiger partial charge is 0.394 e. The summed E-state index contributed by atoms with van der Waals surface area (Å²) >= 11 is 0. The first kappa shape index (κ1) is 12.5. The lowest BCUT2D eigenvalue weighted by atomic mass is 10.0. The topological polar surface area (TPSA) is 66.8 Å². The second kappa shape index (κ2) is 4.52. The highest BCUT2D eigenvalue weighted by molar-refractivity contribution is 6.38. The molecule has 1 aliphatic rings. The van der Waals surface area contributed by atoms with Crippen LogP contribution in [0.5, 0.6) is 5.75 Å². The van der Waals surface area contributed by atoms with Crippen LogP contribution in [0.1, 0.15) is 6.92 Å². The van der Waals surface area contributed by atoms with Crippen LogP contribution in [-0.2, 0) is 9.59 Å². The number of hydrogen-bond donors (Lipinski definition) is 1. The summed E-state index contributed by atoms with van der Waals surface area (Å²) in [7, 11) is 0. The van der Waals surface area contributed by atoms with Gasteiger partial charge in [-0.2, -0.15) is 0 Å². The molecule has 0 spiro atoms. The van der Waals surface area contributed by atoms with Crippen molar-refractivity contribution < 1.29 is 19.4 Å². The molecule has 2 aromatic rings. The van der Waals surface area contributed by atoms with Gasteiger partial charge in [0, 0.05) is 5.39 Å².